The van der Waals surface area contributed by atoms with Crippen molar-refractivity contribution in [3.8, 4) is 0 Å². The Bertz CT molecular complexity index is 402. The number of likely N-dealkylation sites (N-methyl/N-ethyl adjacent to an activating group) is 1. The molecule has 0 aliphatic carbocycles. The van der Waals surface area contributed by atoms with Gasteiger partial charge in [-0.2, -0.15) is 0 Å². The van der Waals surface area contributed by atoms with Crippen LogP contribution in [0.15, 0.2) is 4.99 Å². The van der Waals surface area contributed by atoms with E-state index in [-0.39, 0.29) is 18.3 Å². The number of aliphatic imine (C=N–C) groups is 1. The minimum atomic E-state index is -0.414. The summed E-state index contributed by atoms with van der Waals surface area (Å²) in [5, 5.41) is 2.81. The molecule has 0 bridgehead atoms. The van der Waals surface area contributed by atoms with E-state index in [1.807, 2.05) is 0 Å². The number of nitrogens with one attached hydrogen (secondary N) is 1. The van der Waals surface area contributed by atoms with Gasteiger partial charge in [-0.25, -0.2) is 0 Å². The number of hydrogen-bond donors (Lipinski definition) is 1. The minimum absolute atomic E-state index is 0.0860. The third-order valence-electron chi connectivity index (χ3n) is 3.83. The molecule has 0 unspecified atom stereocenters. The fraction of sp³-hybridized carbons (Fsp3) is 0.769. The molecule has 2 aliphatic heterocycles. The first-order valence-electron chi connectivity index (χ1n) is 7.03. The summed E-state index contributed by atoms with van der Waals surface area (Å²) in [6.07, 6.45) is 0.0860. The van der Waals surface area contributed by atoms with E-state index in [1.165, 1.54) is 7.11 Å². The monoisotopic (exact) mass is 282 g/mol. The molecule has 0 saturated carbocycles. The Morgan fingerprint density at radius 3 is 2.65 bits per heavy atom. The summed E-state index contributed by atoms with van der Waals surface area (Å²) < 4.78 is 4.59. The van der Waals surface area contributed by atoms with Crippen molar-refractivity contribution in [3.05, 3.63) is 0 Å². The number of guanidine groups is 1. The number of piperazine rings is 1. The average Bonchev–Trinajstić information content (AvgIpc) is 2.49. The Morgan fingerprint density at radius 2 is 2.10 bits per heavy atom. The SMILES string of the molecule is CCN1CCN(C2=NC[C@@H](CC(=O)OC)C(=O)N2)CC1. The van der Waals surface area contributed by atoms with Gasteiger partial charge in [0, 0.05) is 26.2 Å². The molecule has 7 nitrogen and oxygen atoms in total. The van der Waals surface area contributed by atoms with Crippen LogP contribution in [-0.4, -0.2) is 74.0 Å². The third-order valence-corrected chi connectivity index (χ3v) is 3.83. The zero-order valence-electron chi connectivity index (χ0n) is 12.1. The zero-order chi connectivity index (χ0) is 14.5. The van der Waals surface area contributed by atoms with E-state index in [4.69, 9.17) is 0 Å². The van der Waals surface area contributed by atoms with Crippen molar-refractivity contribution in [2.45, 2.75) is 13.3 Å². The highest BCUT2D eigenvalue weighted by molar-refractivity contribution is 6.00. The normalized spacial score (nSPS) is 24.1. The Labute approximate surface area is 119 Å². The second kappa shape index (κ2) is 6.69. The first kappa shape index (κ1) is 14.8. The second-order valence-corrected chi connectivity index (χ2v) is 5.05. The molecule has 2 heterocycles. The maximum Gasteiger partial charge on any atom is 0.306 e. The Kier molecular flexibility index (Phi) is 4.94. The van der Waals surface area contributed by atoms with Crippen LogP contribution in [0.3, 0.4) is 0 Å². The van der Waals surface area contributed by atoms with Crippen LogP contribution in [0, 0.1) is 5.92 Å². The zero-order valence-corrected chi connectivity index (χ0v) is 12.1. The van der Waals surface area contributed by atoms with Crippen molar-refractivity contribution in [2.75, 3.05) is 46.4 Å². The van der Waals surface area contributed by atoms with E-state index in [0.717, 1.165) is 32.7 Å². The van der Waals surface area contributed by atoms with E-state index in [9.17, 15) is 9.59 Å². The highest BCUT2D eigenvalue weighted by Crippen LogP contribution is 2.11. The number of ether oxygens (including phenoxy) is 1. The topological polar surface area (TPSA) is 74.2 Å². The van der Waals surface area contributed by atoms with Crippen molar-refractivity contribution in [3.63, 3.8) is 0 Å². The standard InChI is InChI=1S/C13H22N4O3/c1-3-16-4-6-17(7-5-16)13-14-9-10(12(19)15-13)8-11(18)20-2/h10H,3-9H2,1-2H3,(H,14,15,19)/t10-/m1/s1. The Hall–Kier alpha value is -1.63. The number of nitrogens with zero attached hydrogens (tertiary/aromatic N) is 3. The first-order chi connectivity index (χ1) is 9.63. The molecule has 1 atom stereocenters. The number of rotatable bonds is 3. The number of methoxy groups -OCH3 is 1. The predicted molar refractivity (Wildman–Crippen MR) is 74.3 cm³/mol. The maximum atomic E-state index is 12.0. The van der Waals surface area contributed by atoms with Gasteiger partial charge in [-0.15, -0.1) is 0 Å². The molecular formula is C13H22N4O3. The molecule has 20 heavy (non-hydrogen) atoms. The molecule has 0 aromatic rings. The lowest BCUT2D eigenvalue weighted by Gasteiger charge is -2.37. The molecule has 0 aromatic heterocycles. The number of carbonyl (C=O) groups excluding carboxylic acids is 2. The Balaban J connectivity index is 1.89. The lowest BCUT2D eigenvalue weighted by Crippen LogP contribution is -2.56. The van der Waals surface area contributed by atoms with Crippen molar-refractivity contribution in [2.24, 2.45) is 10.9 Å². The number of hydrogen-bond acceptors (Lipinski definition) is 6. The first-order valence-corrected chi connectivity index (χ1v) is 7.03. The van der Waals surface area contributed by atoms with Gasteiger partial charge in [-0.3, -0.25) is 19.9 Å². The summed E-state index contributed by atoms with van der Waals surface area (Å²) >= 11 is 0. The molecule has 7 heteroatoms. The predicted octanol–water partition coefficient (Wildman–Crippen LogP) is -0.711. The highest BCUT2D eigenvalue weighted by atomic mass is 16.5. The Morgan fingerprint density at radius 1 is 1.40 bits per heavy atom. The van der Waals surface area contributed by atoms with Crippen molar-refractivity contribution >= 4 is 17.8 Å². The van der Waals surface area contributed by atoms with Crippen LogP contribution in [0.4, 0.5) is 0 Å². The average molecular weight is 282 g/mol. The van der Waals surface area contributed by atoms with Gasteiger partial charge in [0.05, 0.1) is 26.0 Å². The summed E-state index contributed by atoms with van der Waals surface area (Å²) in [5.41, 5.74) is 0. The van der Waals surface area contributed by atoms with Gasteiger partial charge in [0.2, 0.25) is 11.9 Å². The van der Waals surface area contributed by atoms with Crippen LogP contribution in [-0.2, 0) is 14.3 Å². The molecule has 2 aliphatic rings. The fourth-order valence-electron chi connectivity index (χ4n) is 2.43. The summed E-state index contributed by atoms with van der Waals surface area (Å²) in [4.78, 5) is 32.1. The van der Waals surface area contributed by atoms with Gasteiger partial charge in [0.15, 0.2) is 0 Å². The quantitative estimate of drug-likeness (QED) is 0.692. The van der Waals surface area contributed by atoms with Crippen LogP contribution in [0.25, 0.3) is 0 Å². The molecule has 1 saturated heterocycles. The molecule has 1 amide bonds. The molecule has 0 radical (unpaired) electrons. The van der Waals surface area contributed by atoms with Crippen molar-refractivity contribution in [1.82, 2.24) is 15.1 Å². The molecule has 2 rings (SSSR count). The smallest absolute Gasteiger partial charge is 0.306 e. The number of carbonyl (C=O) groups is 2. The third kappa shape index (κ3) is 3.47. The van der Waals surface area contributed by atoms with Gasteiger partial charge < -0.3 is 14.5 Å². The van der Waals surface area contributed by atoms with Gasteiger partial charge in [0.1, 0.15) is 0 Å². The number of amides is 1. The van der Waals surface area contributed by atoms with Crippen LogP contribution in [0.5, 0.6) is 0 Å². The van der Waals surface area contributed by atoms with Crippen molar-refractivity contribution in [1.29, 1.82) is 0 Å². The van der Waals surface area contributed by atoms with E-state index >= 15 is 0 Å². The van der Waals surface area contributed by atoms with Gasteiger partial charge in [-0.05, 0) is 6.54 Å². The molecule has 1 N–H and O–H groups in total. The van der Waals surface area contributed by atoms with Crippen molar-refractivity contribution < 1.29 is 14.3 Å². The maximum absolute atomic E-state index is 12.0. The molecular weight excluding hydrogens is 260 g/mol. The lowest BCUT2D eigenvalue weighted by molar-refractivity contribution is -0.144. The number of esters is 1. The highest BCUT2D eigenvalue weighted by Gasteiger charge is 2.29. The summed E-state index contributed by atoms with van der Waals surface area (Å²) in [5.74, 6) is -0.284. The van der Waals surface area contributed by atoms with Gasteiger partial charge in [0.25, 0.3) is 0 Å². The van der Waals surface area contributed by atoms with Gasteiger partial charge in [-0.1, -0.05) is 6.92 Å². The van der Waals surface area contributed by atoms with E-state index in [2.05, 4.69) is 31.8 Å². The molecule has 0 aromatic carbocycles. The molecule has 0 spiro atoms. The molecule has 1 fully saturated rings. The summed E-state index contributed by atoms with van der Waals surface area (Å²) in [6, 6.07) is 0. The largest absolute Gasteiger partial charge is 0.469 e. The minimum Gasteiger partial charge on any atom is -0.469 e. The van der Waals surface area contributed by atoms with E-state index in [1.54, 1.807) is 0 Å². The van der Waals surface area contributed by atoms with E-state index in [0.29, 0.717) is 12.5 Å². The second-order valence-electron chi connectivity index (χ2n) is 5.05. The summed E-state index contributed by atoms with van der Waals surface area (Å²) in [6.45, 7) is 7.25. The lowest BCUT2D eigenvalue weighted by atomic mass is 10.0. The summed E-state index contributed by atoms with van der Waals surface area (Å²) in [7, 11) is 1.32. The van der Waals surface area contributed by atoms with Crippen LogP contribution >= 0.6 is 0 Å². The van der Waals surface area contributed by atoms with Crippen LogP contribution in [0.2, 0.25) is 0 Å². The van der Waals surface area contributed by atoms with Gasteiger partial charge >= 0.3 is 5.97 Å². The van der Waals surface area contributed by atoms with Crippen LogP contribution < -0.4 is 5.32 Å². The van der Waals surface area contributed by atoms with E-state index < -0.39 is 5.92 Å². The fourth-order valence-corrected chi connectivity index (χ4v) is 2.43. The molecule has 112 valence electrons. The van der Waals surface area contributed by atoms with Crippen LogP contribution in [0.1, 0.15) is 13.3 Å².